The molecule has 12 aromatic rings. The SMILES string of the molecule is c1ccc(N2c3ccccc3N(c3cc(-c4ccccn4)cc(-c4ccc(-c5cc(-c6ccccn6)cc(N6c7ccccc7N(c7ccccc7)c7ccccc76)c5)c5nsnc45)c3)c3ccccc32)cc1. The molecule has 0 saturated heterocycles. The highest BCUT2D eigenvalue weighted by molar-refractivity contribution is 7.00. The van der Waals surface area contributed by atoms with Gasteiger partial charge < -0.3 is 19.6 Å². The highest BCUT2D eigenvalue weighted by atomic mass is 32.1. The fourth-order valence-electron chi connectivity index (χ4n) is 10.6. The van der Waals surface area contributed by atoms with Crippen molar-refractivity contribution in [3.63, 3.8) is 0 Å². The fraction of sp³-hybridized carbons (Fsp3) is 0. The topological polar surface area (TPSA) is 64.5 Å². The van der Waals surface area contributed by atoms with Gasteiger partial charge in [-0.3, -0.25) is 9.97 Å². The summed E-state index contributed by atoms with van der Waals surface area (Å²) >= 11 is 1.24. The van der Waals surface area contributed by atoms with Crippen LogP contribution in [0.25, 0.3) is 55.8 Å². The van der Waals surface area contributed by atoms with Crippen molar-refractivity contribution in [3.8, 4) is 44.8 Å². The van der Waals surface area contributed by atoms with E-state index >= 15 is 0 Å². The molecule has 3 aromatic heterocycles. The standard InChI is InChI=1S/C64H42N8S/c1-3-19-47(20-4-1)69-55-25-7-11-29-59(55)71(60-30-12-8-26-56(60)69)49-39-43(37-45(41-49)53-23-15-17-35-65-53)51-33-34-52(64-63(51)67-73-68-64)44-38-46(54-24-16-18-36-66-54)42-50(40-44)72-61-31-13-9-27-57(61)70(48-21-5-2-6-22-48)58-28-10-14-32-62(58)72/h1-42H. The molecule has 0 amide bonds. The van der Waals surface area contributed by atoms with Crippen molar-refractivity contribution in [2.75, 3.05) is 19.6 Å². The van der Waals surface area contributed by atoms with Gasteiger partial charge in [0.15, 0.2) is 0 Å². The number of nitrogens with zero attached hydrogens (tertiary/aromatic N) is 8. The van der Waals surface area contributed by atoms with Gasteiger partial charge in [0.05, 0.1) is 68.6 Å². The quantitative estimate of drug-likeness (QED) is 0.149. The van der Waals surface area contributed by atoms with E-state index in [1.807, 2.05) is 36.7 Å². The highest BCUT2D eigenvalue weighted by Crippen LogP contribution is 2.57. The number of hydrogen-bond acceptors (Lipinski definition) is 9. The van der Waals surface area contributed by atoms with Gasteiger partial charge in [0, 0.05) is 57.4 Å². The lowest BCUT2D eigenvalue weighted by Crippen LogP contribution is -2.24. The van der Waals surface area contributed by atoms with Crippen LogP contribution in [-0.4, -0.2) is 18.7 Å². The summed E-state index contributed by atoms with van der Waals surface area (Å²) in [6, 6.07) is 85.9. The van der Waals surface area contributed by atoms with Crippen molar-refractivity contribution >= 4 is 91.0 Å². The summed E-state index contributed by atoms with van der Waals surface area (Å²) in [4.78, 5) is 19.2. The van der Waals surface area contributed by atoms with Crippen LogP contribution in [0, 0.1) is 0 Å². The Bertz CT molecular complexity index is 3660. The first-order valence-electron chi connectivity index (χ1n) is 24.3. The van der Waals surface area contributed by atoms with Gasteiger partial charge in [-0.25, -0.2) is 0 Å². The van der Waals surface area contributed by atoms with E-state index < -0.39 is 0 Å². The summed E-state index contributed by atoms with van der Waals surface area (Å²) in [7, 11) is 0. The van der Waals surface area contributed by atoms with Crippen molar-refractivity contribution in [1.29, 1.82) is 0 Å². The van der Waals surface area contributed by atoms with Crippen LogP contribution < -0.4 is 19.6 Å². The van der Waals surface area contributed by atoms with Gasteiger partial charge in [0.2, 0.25) is 0 Å². The molecule has 8 nitrogen and oxygen atoms in total. The van der Waals surface area contributed by atoms with Gasteiger partial charge in [-0.05, 0) is 145 Å². The third-order valence-corrected chi connectivity index (χ3v) is 14.3. The van der Waals surface area contributed by atoms with E-state index in [2.05, 4.69) is 238 Å². The zero-order valence-electron chi connectivity index (χ0n) is 39.2. The van der Waals surface area contributed by atoms with E-state index in [0.717, 1.165) is 124 Å². The molecule has 344 valence electrons. The Balaban J connectivity index is 0.941. The lowest BCUT2D eigenvalue weighted by atomic mass is 9.93. The van der Waals surface area contributed by atoms with Crippen LogP contribution in [0.2, 0.25) is 0 Å². The van der Waals surface area contributed by atoms with Crippen molar-refractivity contribution < 1.29 is 0 Å². The lowest BCUT2D eigenvalue weighted by molar-refractivity contribution is 1.17. The van der Waals surface area contributed by atoms with Crippen LogP contribution in [0.15, 0.2) is 255 Å². The molecule has 14 rings (SSSR count). The molecule has 0 aliphatic carbocycles. The van der Waals surface area contributed by atoms with Crippen LogP contribution in [0.3, 0.4) is 0 Å². The highest BCUT2D eigenvalue weighted by Gasteiger charge is 2.33. The smallest absolute Gasteiger partial charge is 0.113 e. The van der Waals surface area contributed by atoms with E-state index in [-0.39, 0.29) is 0 Å². The summed E-state index contributed by atoms with van der Waals surface area (Å²) in [5.41, 5.74) is 22.2. The largest absolute Gasteiger partial charge is 0.306 e. The van der Waals surface area contributed by atoms with E-state index in [0.29, 0.717) is 0 Å². The number of aromatic nitrogens is 4. The first-order chi connectivity index (χ1) is 36.2. The number of para-hydroxylation sites is 10. The predicted octanol–water partition coefficient (Wildman–Crippen LogP) is 17.7. The maximum atomic E-state index is 5.10. The Morgan fingerprint density at radius 1 is 0.260 bits per heavy atom. The minimum Gasteiger partial charge on any atom is -0.306 e. The molecule has 5 heterocycles. The molecule has 9 heteroatoms. The summed E-state index contributed by atoms with van der Waals surface area (Å²) < 4.78 is 10.2. The second kappa shape index (κ2) is 17.6. The Hall–Kier alpha value is -9.70. The maximum absolute atomic E-state index is 5.10. The van der Waals surface area contributed by atoms with Crippen LogP contribution in [0.1, 0.15) is 0 Å². The molecule has 0 fully saturated rings. The number of benzene rings is 9. The molecule has 0 atom stereocenters. The Morgan fingerprint density at radius 3 is 0.890 bits per heavy atom. The molecule has 0 spiro atoms. The van der Waals surface area contributed by atoms with Crippen molar-refractivity contribution in [3.05, 3.63) is 255 Å². The molecule has 0 N–H and O–H groups in total. The van der Waals surface area contributed by atoms with Gasteiger partial charge >= 0.3 is 0 Å². The molecule has 73 heavy (non-hydrogen) atoms. The number of pyridine rings is 2. The average molecular weight is 955 g/mol. The van der Waals surface area contributed by atoms with Gasteiger partial charge in [0.1, 0.15) is 11.0 Å². The van der Waals surface area contributed by atoms with Crippen molar-refractivity contribution in [2.24, 2.45) is 0 Å². The van der Waals surface area contributed by atoms with Gasteiger partial charge in [-0.1, -0.05) is 109 Å². The molecule has 2 aliphatic heterocycles. The predicted molar refractivity (Wildman–Crippen MR) is 301 cm³/mol. The Labute approximate surface area is 427 Å². The third-order valence-electron chi connectivity index (χ3n) is 13.8. The van der Waals surface area contributed by atoms with Crippen LogP contribution in [-0.2, 0) is 0 Å². The molecule has 2 aliphatic rings. The average Bonchev–Trinajstić information content (AvgIpc) is 3.97. The summed E-state index contributed by atoms with van der Waals surface area (Å²) in [6.45, 7) is 0. The van der Waals surface area contributed by atoms with Crippen molar-refractivity contribution in [1.82, 2.24) is 18.7 Å². The number of anilines is 12. The zero-order chi connectivity index (χ0) is 48.2. The molecule has 0 unspecified atom stereocenters. The summed E-state index contributed by atoms with van der Waals surface area (Å²) in [6.07, 6.45) is 3.71. The molecule has 0 bridgehead atoms. The molecule has 0 saturated carbocycles. The Kier molecular flexibility index (Phi) is 10.2. The van der Waals surface area contributed by atoms with Crippen LogP contribution >= 0.6 is 11.7 Å². The minimum absolute atomic E-state index is 0.832. The zero-order valence-corrected chi connectivity index (χ0v) is 40.1. The van der Waals surface area contributed by atoms with Crippen molar-refractivity contribution in [2.45, 2.75) is 0 Å². The van der Waals surface area contributed by atoms with Crippen LogP contribution in [0.4, 0.5) is 68.2 Å². The first kappa shape index (κ1) is 42.2. The number of rotatable bonds is 8. The Morgan fingerprint density at radius 2 is 0.562 bits per heavy atom. The van der Waals surface area contributed by atoms with Gasteiger partial charge in [0.25, 0.3) is 0 Å². The monoisotopic (exact) mass is 954 g/mol. The van der Waals surface area contributed by atoms with E-state index in [1.165, 1.54) is 11.7 Å². The normalized spacial score (nSPS) is 12.5. The van der Waals surface area contributed by atoms with Crippen LogP contribution in [0.5, 0.6) is 0 Å². The first-order valence-corrected chi connectivity index (χ1v) is 25.0. The molecule has 0 radical (unpaired) electrons. The van der Waals surface area contributed by atoms with Gasteiger partial charge in [-0.15, -0.1) is 0 Å². The van der Waals surface area contributed by atoms with E-state index in [1.54, 1.807) is 0 Å². The molecular formula is C64H42N8S. The van der Waals surface area contributed by atoms with E-state index in [4.69, 9.17) is 18.7 Å². The third kappa shape index (κ3) is 7.21. The fourth-order valence-corrected chi connectivity index (χ4v) is 11.2. The second-order valence-corrected chi connectivity index (χ2v) is 18.6. The summed E-state index contributed by atoms with van der Waals surface area (Å²) in [5, 5.41) is 0. The lowest BCUT2D eigenvalue weighted by Gasteiger charge is -2.40. The molecular weight excluding hydrogens is 913 g/mol. The minimum atomic E-state index is 0.832. The maximum Gasteiger partial charge on any atom is 0.113 e. The number of hydrogen-bond donors (Lipinski definition) is 0. The second-order valence-electron chi connectivity index (χ2n) is 18.1. The van der Waals surface area contributed by atoms with Gasteiger partial charge in [-0.2, -0.15) is 8.75 Å². The summed E-state index contributed by atoms with van der Waals surface area (Å²) in [5.74, 6) is 0. The molecule has 9 aromatic carbocycles. The van der Waals surface area contributed by atoms with E-state index in [9.17, 15) is 0 Å². The number of fused-ring (bicyclic) bond motifs is 5.